The maximum Gasteiger partial charge on any atom is 0.256 e. The molecule has 1 unspecified atom stereocenters. The van der Waals surface area contributed by atoms with Gasteiger partial charge in [-0.15, -0.1) is 10.2 Å². The highest BCUT2D eigenvalue weighted by Gasteiger charge is 2.16. The zero-order chi connectivity index (χ0) is 19.1. The molecule has 0 spiro atoms. The topological polar surface area (TPSA) is 93.2 Å². The van der Waals surface area contributed by atoms with E-state index in [0.29, 0.717) is 23.0 Å². The largest absolute Gasteiger partial charge is 0.376 e. The van der Waals surface area contributed by atoms with E-state index in [1.54, 1.807) is 24.3 Å². The summed E-state index contributed by atoms with van der Waals surface area (Å²) in [5.74, 6) is 0.330. The van der Waals surface area contributed by atoms with Gasteiger partial charge in [-0.2, -0.15) is 0 Å². The van der Waals surface area contributed by atoms with Gasteiger partial charge in [-0.05, 0) is 44.0 Å². The molecule has 2 aromatic rings. The van der Waals surface area contributed by atoms with E-state index in [1.807, 2.05) is 19.1 Å². The molecule has 7 nitrogen and oxygen atoms in total. The molecule has 1 aliphatic heterocycles. The number of carbonyl (C=O) groups is 2. The standard InChI is InChI=1S/C19H22N4O3S/c1-13-4-6-14(7-5-13)19(25)21-16-8-9-18(23-22-16)27-12-17(24)20-11-15-3-2-10-26-15/h4-9,15H,2-3,10-12H2,1H3,(H,20,24)(H,21,22,25). The van der Waals surface area contributed by atoms with Crippen LogP contribution < -0.4 is 10.6 Å². The van der Waals surface area contributed by atoms with Crippen molar-refractivity contribution in [1.29, 1.82) is 0 Å². The minimum absolute atomic E-state index is 0.0611. The van der Waals surface area contributed by atoms with Crippen LogP contribution in [0.2, 0.25) is 0 Å². The Morgan fingerprint density at radius 2 is 2.00 bits per heavy atom. The van der Waals surface area contributed by atoms with E-state index in [2.05, 4.69) is 20.8 Å². The quantitative estimate of drug-likeness (QED) is 0.710. The number of aryl methyl sites for hydroxylation is 1. The Labute approximate surface area is 162 Å². The van der Waals surface area contributed by atoms with E-state index < -0.39 is 0 Å². The van der Waals surface area contributed by atoms with Gasteiger partial charge in [0.1, 0.15) is 5.03 Å². The van der Waals surface area contributed by atoms with Gasteiger partial charge in [-0.3, -0.25) is 9.59 Å². The van der Waals surface area contributed by atoms with Gasteiger partial charge in [-0.1, -0.05) is 29.5 Å². The summed E-state index contributed by atoms with van der Waals surface area (Å²) >= 11 is 1.30. The molecule has 2 amide bonds. The fourth-order valence-corrected chi connectivity index (χ4v) is 3.22. The fourth-order valence-electron chi connectivity index (χ4n) is 2.58. The summed E-state index contributed by atoms with van der Waals surface area (Å²) in [6.07, 6.45) is 2.18. The number of carbonyl (C=O) groups excluding carboxylic acids is 2. The molecule has 1 aromatic carbocycles. The third kappa shape index (κ3) is 6.04. The second-order valence-corrected chi connectivity index (χ2v) is 7.30. The zero-order valence-corrected chi connectivity index (χ0v) is 15.9. The molecule has 0 radical (unpaired) electrons. The molecule has 1 aliphatic rings. The lowest BCUT2D eigenvalue weighted by Gasteiger charge is -2.10. The molecular weight excluding hydrogens is 364 g/mol. The first-order valence-electron chi connectivity index (χ1n) is 8.83. The smallest absolute Gasteiger partial charge is 0.256 e. The Hall–Kier alpha value is -2.45. The third-order valence-electron chi connectivity index (χ3n) is 4.10. The first kappa shape index (κ1) is 19.3. The van der Waals surface area contributed by atoms with Crippen molar-refractivity contribution in [2.45, 2.75) is 30.9 Å². The molecule has 1 fully saturated rings. The number of nitrogens with one attached hydrogen (secondary N) is 2. The number of thioether (sulfide) groups is 1. The van der Waals surface area contributed by atoms with E-state index in [9.17, 15) is 9.59 Å². The first-order valence-corrected chi connectivity index (χ1v) is 9.81. The summed E-state index contributed by atoms with van der Waals surface area (Å²) in [7, 11) is 0. The molecule has 1 aromatic heterocycles. The van der Waals surface area contributed by atoms with E-state index in [-0.39, 0.29) is 23.7 Å². The van der Waals surface area contributed by atoms with E-state index >= 15 is 0 Å². The molecule has 2 N–H and O–H groups in total. The Morgan fingerprint density at radius 1 is 1.19 bits per heavy atom. The van der Waals surface area contributed by atoms with E-state index in [1.165, 1.54) is 11.8 Å². The summed E-state index contributed by atoms with van der Waals surface area (Å²) in [6.45, 7) is 3.29. The van der Waals surface area contributed by atoms with Gasteiger partial charge in [0.05, 0.1) is 11.9 Å². The summed E-state index contributed by atoms with van der Waals surface area (Å²) in [5, 5.41) is 14.2. The molecule has 8 heteroatoms. The van der Waals surface area contributed by atoms with Crippen molar-refractivity contribution in [3.05, 3.63) is 47.5 Å². The van der Waals surface area contributed by atoms with Crippen LogP contribution in [-0.2, 0) is 9.53 Å². The number of amides is 2. The van der Waals surface area contributed by atoms with Crippen LogP contribution in [0.1, 0.15) is 28.8 Å². The lowest BCUT2D eigenvalue weighted by atomic mass is 10.1. The van der Waals surface area contributed by atoms with Gasteiger partial charge in [0.15, 0.2) is 5.82 Å². The van der Waals surface area contributed by atoms with Crippen molar-refractivity contribution in [2.24, 2.45) is 0 Å². The first-order chi connectivity index (χ1) is 13.1. The van der Waals surface area contributed by atoms with Crippen LogP contribution in [0.5, 0.6) is 0 Å². The number of aromatic nitrogens is 2. The molecule has 1 atom stereocenters. The summed E-state index contributed by atoms with van der Waals surface area (Å²) in [6, 6.07) is 10.7. The minimum Gasteiger partial charge on any atom is -0.376 e. The summed E-state index contributed by atoms with van der Waals surface area (Å²) < 4.78 is 5.47. The number of nitrogens with zero attached hydrogens (tertiary/aromatic N) is 2. The Kier molecular flexibility index (Phi) is 6.78. The minimum atomic E-state index is -0.238. The molecule has 2 heterocycles. The monoisotopic (exact) mass is 386 g/mol. The summed E-state index contributed by atoms with van der Waals surface area (Å²) in [4.78, 5) is 24.0. The normalized spacial score (nSPS) is 16.1. The molecule has 0 aliphatic carbocycles. The highest BCUT2D eigenvalue weighted by Crippen LogP contribution is 2.16. The predicted molar refractivity (Wildman–Crippen MR) is 104 cm³/mol. The van der Waals surface area contributed by atoms with Gasteiger partial charge in [0, 0.05) is 18.7 Å². The number of rotatable bonds is 7. The van der Waals surface area contributed by atoms with Crippen molar-refractivity contribution >= 4 is 29.4 Å². The zero-order valence-electron chi connectivity index (χ0n) is 15.1. The van der Waals surface area contributed by atoms with Gasteiger partial charge in [0.2, 0.25) is 5.91 Å². The number of anilines is 1. The molecule has 0 saturated carbocycles. The van der Waals surface area contributed by atoms with Crippen LogP contribution >= 0.6 is 11.8 Å². The molecule has 27 heavy (non-hydrogen) atoms. The van der Waals surface area contributed by atoms with Crippen molar-refractivity contribution in [2.75, 3.05) is 24.2 Å². The van der Waals surface area contributed by atoms with Gasteiger partial charge < -0.3 is 15.4 Å². The maximum absolute atomic E-state index is 12.2. The van der Waals surface area contributed by atoms with Crippen molar-refractivity contribution in [3.8, 4) is 0 Å². The Balaban J connectivity index is 1.43. The Morgan fingerprint density at radius 3 is 2.67 bits per heavy atom. The van der Waals surface area contributed by atoms with Crippen molar-refractivity contribution < 1.29 is 14.3 Å². The van der Waals surface area contributed by atoms with Crippen LogP contribution in [0.25, 0.3) is 0 Å². The van der Waals surface area contributed by atoms with Gasteiger partial charge in [0.25, 0.3) is 5.91 Å². The highest BCUT2D eigenvalue weighted by atomic mass is 32.2. The van der Waals surface area contributed by atoms with Crippen LogP contribution in [0.15, 0.2) is 41.4 Å². The van der Waals surface area contributed by atoms with Crippen LogP contribution in [0.3, 0.4) is 0 Å². The van der Waals surface area contributed by atoms with Crippen molar-refractivity contribution in [1.82, 2.24) is 15.5 Å². The average molecular weight is 386 g/mol. The molecule has 1 saturated heterocycles. The van der Waals surface area contributed by atoms with Crippen LogP contribution in [0, 0.1) is 6.92 Å². The van der Waals surface area contributed by atoms with Gasteiger partial charge >= 0.3 is 0 Å². The van der Waals surface area contributed by atoms with Crippen LogP contribution in [0.4, 0.5) is 5.82 Å². The maximum atomic E-state index is 12.2. The summed E-state index contributed by atoms with van der Waals surface area (Å²) in [5.41, 5.74) is 1.65. The Bertz CT molecular complexity index is 775. The fraction of sp³-hybridized carbons (Fsp3) is 0.368. The van der Waals surface area contributed by atoms with Gasteiger partial charge in [-0.25, -0.2) is 0 Å². The van der Waals surface area contributed by atoms with E-state index in [4.69, 9.17) is 4.74 Å². The molecule has 142 valence electrons. The molecular formula is C19H22N4O3S. The number of ether oxygens (including phenoxy) is 1. The number of hydrogen-bond donors (Lipinski definition) is 2. The molecule has 3 rings (SSSR count). The lowest BCUT2D eigenvalue weighted by molar-refractivity contribution is -0.119. The SMILES string of the molecule is Cc1ccc(C(=O)Nc2ccc(SCC(=O)NCC3CCCO3)nn2)cc1. The van der Waals surface area contributed by atoms with Crippen LogP contribution in [-0.4, -0.2) is 47.0 Å². The second-order valence-electron chi connectivity index (χ2n) is 6.30. The average Bonchev–Trinajstić information content (AvgIpc) is 3.20. The van der Waals surface area contributed by atoms with Crippen molar-refractivity contribution in [3.63, 3.8) is 0 Å². The van der Waals surface area contributed by atoms with E-state index in [0.717, 1.165) is 25.0 Å². The lowest BCUT2D eigenvalue weighted by Crippen LogP contribution is -2.32. The second kappa shape index (κ2) is 9.48. The third-order valence-corrected chi connectivity index (χ3v) is 5.02. The number of hydrogen-bond acceptors (Lipinski definition) is 6. The highest BCUT2D eigenvalue weighted by molar-refractivity contribution is 7.99. The number of benzene rings is 1. The predicted octanol–water partition coefficient (Wildman–Crippen LogP) is 2.42. The molecule has 0 bridgehead atoms.